The minimum atomic E-state index is -3.72. The molecule has 1 aromatic carbocycles. The molecule has 142 valence electrons. The van der Waals surface area contributed by atoms with E-state index < -0.39 is 10.0 Å². The lowest BCUT2D eigenvalue weighted by molar-refractivity contribution is 0.180. The monoisotopic (exact) mass is 424 g/mol. The van der Waals surface area contributed by atoms with Crippen LogP contribution in [0.25, 0.3) is 5.65 Å². The van der Waals surface area contributed by atoms with Crippen LogP contribution in [0.3, 0.4) is 0 Å². The Bertz CT molecular complexity index is 1020. The van der Waals surface area contributed by atoms with Gasteiger partial charge >= 0.3 is 0 Å². The van der Waals surface area contributed by atoms with Crippen LogP contribution in [0.2, 0.25) is 10.0 Å². The van der Waals surface area contributed by atoms with E-state index in [0.29, 0.717) is 32.7 Å². The Hall–Kier alpha value is -1.64. The maximum absolute atomic E-state index is 12.9. The van der Waals surface area contributed by atoms with Gasteiger partial charge in [-0.15, -0.1) is 0 Å². The van der Waals surface area contributed by atoms with E-state index in [4.69, 9.17) is 23.2 Å². The Morgan fingerprint density at radius 2 is 1.67 bits per heavy atom. The maximum Gasteiger partial charge on any atom is 0.246 e. The Labute approximate surface area is 168 Å². The minimum absolute atomic E-state index is 0.0119. The van der Waals surface area contributed by atoms with Gasteiger partial charge in [0.1, 0.15) is 10.5 Å². The van der Waals surface area contributed by atoms with Gasteiger partial charge in [0.2, 0.25) is 10.0 Å². The van der Waals surface area contributed by atoms with Crippen molar-refractivity contribution in [2.75, 3.05) is 26.2 Å². The number of nitrogens with zero attached hydrogens (tertiary/aromatic N) is 4. The molecular formula is C18H18Cl2N4O2S. The average molecular weight is 425 g/mol. The number of rotatable bonds is 4. The first-order valence-corrected chi connectivity index (χ1v) is 10.7. The Balaban J connectivity index is 1.45. The van der Waals surface area contributed by atoms with Crippen molar-refractivity contribution >= 4 is 38.9 Å². The summed E-state index contributed by atoms with van der Waals surface area (Å²) < 4.78 is 29.3. The molecule has 0 radical (unpaired) electrons. The summed E-state index contributed by atoms with van der Waals surface area (Å²) in [5.74, 6) is 0. The highest BCUT2D eigenvalue weighted by molar-refractivity contribution is 7.89. The van der Waals surface area contributed by atoms with Gasteiger partial charge in [-0.05, 0) is 24.3 Å². The van der Waals surface area contributed by atoms with Gasteiger partial charge in [-0.2, -0.15) is 4.31 Å². The number of pyridine rings is 1. The number of hydrogen-bond donors (Lipinski definition) is 0. The number of fused-ring (bicyclic) bond motifs is 1. The van der Waals surface area contributed by atoms with E-state index in [1.54, 1.807) is 18.2 Å². The van der Waals surface area contributed by atoms with Crippen LogP contribution in [-0.2, 0) is 16.6 Å². The van der Waals surface area contributed by atoms with E-state index >= 15 is 0 Å². The molecule has 3 aromatic rings. The van der Waals surface area contributed by atoms with Crippen molar-refractivity contribution in [2.45, 2.75) is 11.4 Å². The molecule has 27 heavy (non-hydrogen) atoms. The van der Waals surface area contributed by atoms with Crippen molar-refractivity contribution in [1.82, 2.24) is 18.6 Å². The standard InChI is InChI=1S/C18H18Cl2N4O2S/c19-15-4-3-5-16(20)18(15)27(25,26)24-10-8-22(9-11-24)12-14-13-23-7-2-1-6-17(23)21-14/h1-7,13H,8-12H2. The molecule has 0 unspecified atom stereocenters. The van der Waals surface area contributed by atoms with Crippen molar-refractivity contribution < 1.29 is 8.42 Å². The molecule has 0 aliphatic carbocycles. The lowest BCUT2D eigenvalue weighted by atomic mass is 10.3. The maximum atomic E-state index is 12.9. The summed E-state index contributed by atoms with van der Waals surface area (Å²) in [6, 6.07) is 10.6. The molecule has 0 bridgehead atoms. The van der Waals surface area contributed by atoms with E-state index in [9.17, 15) is 8.42 Å². The van der Waals surface area contributed by atoms with Crippen LogP contribution in [0.1, 0.15) is 5.69 Å². The van der Waals surface area contributed by atoms with Gasteiger partial charge in [0.15, 0.2) is 0 Å². The largest absolute Gasteiger partial charge is 0.307 e. The predicted octanol–water partition coefficient (Wildman–Crippen LogP) is 3.15. The van der Waals surface area contributed by atoms with Crippen molar-refractivity contribution in [2.24, 2.45) is 0 Å². The fraction of sp³-hybridized carbons (Fsp3) is 0.278. The minimum Gasteiger partial charge on any atom is -0.307 e. The molecule has 1 aliphatic heterocycles. The van der Waals surface area contributed by atoms with Crippen molar-refractivity contribution in [3.05, 3.63) is 64.5 Å². The van der Waals surface area contributed by atoms with E-state index in [1.807, 2.05) is 35.0 Å². The lowest BCUT2D eigenvalue weighted by Gasteiger charge is -2.33. The molecule has 0 atom stereocenters. The Morgan fingerprint density at radius 1 is 0.963 bits per heavy atom. The van der Waals surface area contributed by atoms with Crippen molar-refractivity contribution in [3.8, 4) is 0 Å². The van der Waals surface area contributed by atoms with Crippen LogP contribution in [0.4, 0.5) is 0 Å². The Kier molecular flexibility index (Phi) is 5.13. The number of aromatic nitrogens is 2. The highest BCUT2D eigenvalue weighted by Crippen LogP contribution is 2.31. The summed E-state index contributed by atoms with van der Waals surface area (Å²) in [4.78, 5) is 6.78. The first-order valence-electron chi connectivity index (χ1n) is 8.54. The van der Waals surface area contributed by atoms with Gasteiger partial charge in [0.25, 0.3) is 0 Å². The summed E-state index contributed by atoms with van der Waals surface area (Å²) in [5, 5.41) is 0.296. The van der Waals surface area contributed by atoms with E-state index in [0.717, 1.165) is 11.3 Å². The zero-order valence-electron chi connectivity index (χ0n) is 14.4. The zero-order valence-corrected chi connectivity index (χ0v) is 16.8. The zero-order chi connectivity index (χ0) is 19.0. The molecule has 6 nitrogen and oxygen atoms in total. The molecular weight excluding hydrogens is 407 g/mol. The smallest absolute Gasteiger partial charge is 0.246 e. The van der Waals surface area contributed by atoms with Crippen LogP contribution in [0.5, 0.6) is 0 Å². The van der Waals surface area contributed by atoms with E-state index in [-0.39, 0.29) is 14.9 Å². The second-order valence-electron chi connectivity index (χ2n) is 6.43. The number of imidazole rings is 1. The fourth-order valence-electron chi connectivity index (χ4n) is 3.28. The van der Waals surface area contributed by atoms with Crippen molar-refractivity contribution in [1.29, 1.82) is 0 Å². The Morgan fingerprint density at radius 3 is 2.33 bits per heavy atom. The van der Waals surface area contributed by atoms with Gasteiger partial charge in [0, 0.05) is 45.1 Å². The van der Waals surface area contributed by atoms with Crippen LogP contribution in [0, 0.1) is 0 Å². The molecule has 4 rings (SSSR count). The number of halogens is 2. The molecule has 3 heterocycles. The second-order valence-corrected chi connectivity index (χ2v) is 9.12. The summed E-state index contributed by atoms with van der Waals surface area (Å²) >= 11 is 12.2. The molecule has 0 amide bonds. The summed E-state index contributed by atoms with van der Waals surface area (Å²) in [6.45, 7) is 2.70. The van der Waals surface area contributed by atoms with Gasteiger partial charge in [0.05, 0.1) is 15.7 Å². The normalized spacial score (nSPS) is 16.8. The average Bonchev–Trinajstić information content (AvgIpc) is 3.04. The highest BCUT2D eigenvalue weighted by atomic mass is 35.5. The third-order valence-electron chi connectivity index (χ3n) is 4.65. The van der Waals surface area contributed by atoms with Crippen LogP contribution in [-0.4, -0.2) is 53.2 Å². The number of piperazine rings is 1. The SMILES string of the molecule is O=S(=O)(c1c(Cl)cccc1Cl)N1CCN(Cc2cn3ccccc3n2)CC1. The molecule has 0 spiro atoms. The molecule has 1 saturated heterocycles. The quantitative estimate of drug-likeness (QED) is 0.645. The first-order chi connectivity index (χ1) is 12.9. The molecule has 1 aliphatic rings. The lowest BCUT2D eigenvalue weighted by Crippen LogP contribution is -2.48. The molecule has 0 saturated carbocycles. The number of hydrogen-bond acceptors (Lipinski definition) is 4. The first kappa shape index (κ1) is 18.7. The molecule has 0 N–H and O–H groups in total. The van der Waals surface area contributed by atoms with Crippen LogP contribution in [0.15, 0.2) is 53.7 Å². The number of benzene rings is 1. The summed E-state index contributed by atoms with van der Waals surface area (Å²) in [7, 11) is -3.72. The predicted molar refractivity (Wildman–Crippen MR) is 106 cm³/mol. The summed E-state index contributed by atoms with van der Waals surface area (Å²) in [6.07, 6.45) is 3.96. The van der Waals surface area contributed by atoms with E-state index in [2.05, 4.69) is 9.88 Å². The topological polar surface area (TPSA) is 57.9 Å². The van der Waals surface area contributed by atoms with Crippen LogP contribution >= 0.6 is 23.2 Å². The van der Waals surface area contributed by atoms with Gasteiger partial charge in [-0.3, -0.25) is 4.90 Å². The molecule has 2 aromatic heterocycles. The van der Waals surface area contributed by atoms with E-state index in [1.165, 1.54) is 4.31 Å². The van der Waals surface area contributed by atoms with Gasteiger partial charge in [-0.1, -0.05) is 35.3 Å². The molecule has 1 fully saturated rings. The molecule has 9 heteroatoms. The third-order valence-corrected chi connectivity index (χ3v) is 7.50. The summed E-state index contributed by atoms with van der Waals surface area (Å²) in [5.41, 5.74) is 1.87. The van der Waals surface area contributed by atoms with Crippen molar-refractivity contribution in [3.63, 3.8) is 0 Å². The highest BCUT2D eigenvalue weighted by Gasteiger charge is 2.31. The fourth-order valence-corrected chi connectivity index (χ4v) is 5.79. The second kappa shape index (κ2) is 7.41. The van der Waals surface area contributed by atoms with Gasteiger partial charge in [-0.25, -0.2) is 13.4 Å². The van der Waals surface area contributed by atoms with Crippen LogP contribution < -0.4 is 0 Å². The third kappa shape index (κ3) is 3.70. The number of sulfonamides is 1. The van der Waals surface area contributed by atoms with Gasteiger partial charge < -0.3 is 4.40 Å².